The van der Waals surface area contributed by atoms with Crippen molar-refractivity contribution >= 4 is 21.7 Å². The Labute approximate surface area is 174 Å². The number of non-ortho nitro benzene ring substituents is 1. The highest BCUT2D eigenvalue weighted by Crippen LogP contribution is 2.22. The average Bonchev–Trinajstić information content (AvgIpc) is 2.78. The van der Waals surface area contributed by atoms with Gasteiger partial charge in [-0.1, -0.05) is 18.2 Å². The minimum atomic E-state index is -3.87. The SMILES string of the molecule is COc1ccc(CNC(=O)N2CCN(S(=O)(=O)c3cccc([N+](=O)[O-])c3)CC2)cc1. The summed E-state index contributed by atoms with van der Waals surface area (Å²) in [6.45, 7) is 1.02. The van der Waals surface area contributed by atoms with E-state index in [1.165, 1.54) is 22.5 Å². The van der Waals surface area contributed by atoms with Crippen molar-refractivity contribution < 1.29 is 22.9 Å². The van der Waals surface area contributed by atoms with Crippen molar-refractivity contribution in [2.24, 2.45) is 0 Å². The van der Waals surface area contributed by atoms with Gasteiger partial charge in [0.25, 0.3) is 5.69 Å². The maximum Gasteiger partial charge on any atom is 0.317 e. The minimum Gasteiger partial charge on any atom is -0.497 e. The second-order valence-corrected chi connectivity index (χ2v) is 8.59. The van der Waals surface area contributed by atoms with Gasteiger partial charge in [0.05, 0.1) is 16.9 Å². The Morgan fingerprint density at radius 3 is 2.40 bits per heavy atom. The Bertz CT molecular complexity index is 1020. The third kappa shape index (κ3) is 4.86. The van der Waals surface area contributed by atoms with Crippen LogP contribution in [0.3, 0.4) is 0 Å². The summed E-state index contributed by atoms with van der Waals surface area (Å²) >= 11 is 0. The number of nitrogens with zero attached hydrogens (tertiary/aromatic N) is 3. The van der Waals surface area contributed by atoms with Crippen LogP contribution in [-0.2, 0) is 16.6 Å². The van der Waals surface area contributed by atoms with E-state index in [4.69, 9.17) is 4.74 Å². The van der Waals surface area contributed by atoms with Gasteiger partial charge in [-0.05, 0) is 23.8 Å². The molecule has 2 aromatic carbocycles. The van der Waals surface area contributed by atoms with Crippen LogP contribution in [0.5, 0.6) is 5.75 Å². The molecule has 3 rings (SSSR count). The first-order valence-corrected chi connectivity index (χ1v) is 10.7. The second kappa shape index (κ2) is 9.09. The molecule has 10 nitrogen and oxygen atoms in total. The van der Waals surface area contributed by atoms with Crippen molar-refractivity contribution in [2.45, 2.75) is 11.4 Å². The van der Waals surface area contributed by atoms with Crippen molar-refractivity contribution in [2.75, 3.05) is 33.3 Å². The van der Waals surface area contributed by atoms with Crippen LogP contribution in [0, 0.1) is 10.1 Å². The lowest BCUT2D eigenvalue weighted by molar-refractivity contribution is -0.385. The van der Waals surface area contributed by atoms with Crippen LogP contribution < -0.4 is 10.1 Å². The first-order chi connectivity index (χ1) is 14.3. The molecule has 1 heterocycles. The molecule has 160 valence electrons. The lowest BCUT2D eigenvalue weighted by Gasteiger charge is -2.34. The molecule has 1 aliphatic rings. The van der Waals surface area contributed by atoms with Crippen LogP contribution in [0.1, 0.15) is 5.56 Å². The van der Waals surface area contributed by atoms with Gasteiger partial charge in [0.1, 0.15) is 5.75 Å². The number of nitro groups is 1. The monoisotopic (exact) mass is 434 g/mol. The number of amides is 2. The van der Waals surface area contributed by atoms with Gasteiger partial charge in [0, 0.05) is 44.9 Å². The fourth-order valence-corrected chi connectivity index (χ4v) is 4.53. The van der Waals surface area contributed by atoms with Crippen LogP contribution >= 0.6 is 0 Å². The Kier molecular flexibility index (Phi) is 6.53. The van der Waals surface area contributed by atoms with Crippen LogP contribution in [-0.4, -0.2) is 61.9 Å². The molecule has 1 aliphatic heterocycles. The Morgan fingerprint density at radius 2 is 1.80 bits per heavy atom. The number of urea groups is 1. The van der Waals surface area contributed by atoms with E-state index < -0.39 is 14.9 Å². The first kappa shape index (κ1) is 21.5. The lowest BCUT2D eigenvalue weighted by Crippen LogP contribution is -2.52. The molecule has 2 aromatic rings. The maximum atomic E-state index is 12.8. The van der Waals surface area contributed by atoms with Crippen molar-refractivity contribution in [1.29, 1.82) is 0 Å². The summed E-state index contributed by atoms with van der Waals surface area (Å²) < 4.78 is 31.9. The number of carbonyl (C=O) groups excluding carboxylic acids is 1. The number of piperazine rings is 1. The zero-order chi connectivity index (χ0) is 21.7. The molecular formula is C19H22N4O6S. The summed E-state index contributed by atoms with van der Waals surface area (Å²) in [6.07, 6.45) is 0. The molecule has 0 aliphatic carbocycles. The molecular weight excluding hydrogens is 412 g/mol. The van der Waals surface area contributed by atoms with E-state index in [2.05, 4.69) is 5.32 Å². The summed E-state index contributed by atoms with van der Waals surface area (Å²) in [7, 11) is -2.29. The second-order valence-electron chi connectivity index (χ2n) is 6.65. The van der Waals surface area contributed by atoms with E-state index in [1.54, 1.807) is 24.1 Å². The molecule has 11 heteroatoms. The fourth-order valence-electron chi connectivity index (χ4n) is 3.07. The highest BCUT2D eigenvalue weighted by molar-refractivity contribution is 7.89. The van der Waals surface area contributed by atoms with E-state index in [-0.39, 0.29) is 42.8 Å². The summed E-state index contributed by atoms with van der Waals surface area (Å²) in [4.78, 5) is 24.1. The van der Waals surface area contributed by atoms with Gasteiger partial charge in [-0.3, -0.25) is 10.1 Å². The first-order valence-electron chi connectivity index (χ1n) is 9.21. The molecule has 1 saturated heterocycles. The number of sulfonamides is 1. The van der Waals surface area contributed by atoms with Gasteiger partial charge in [0.15, 0.2) is 0 Å². The number of carbonyl (C=O) groups is 1. The average molecular weight is 434 g/mol. The Balaban J connectivity index is 1.56. The maximum absolute atomic E-state index is 12.8. The van der Waals surface area contributed by atoms with Crippen LogP contribution in [0.15, 0.2) is 53.4 Å². The van der Waals surface area contributed by atoms with Gasteiger partial charge in [-0.15, -0.1) is 0 Å². The predicted octanol–water partition coefficient (Wildman–Crippen LogP) is 1.82. The third-order valence-electron chi connectivity index (χ3n) is 4.79. The number of hydrogen-bond acceptors (Lipinski definition) is 6. The Morgan fingerprint density at radius 1 is 1.13 bits per heavy atom. The number of nitro benzene ring substituents is 1. The smallest absolute Gasteiger partial charge is 0.317 e. The van der Waals surface area contributed by atoms with Crippen LogP contribution in [0.2, 0.25) is 0 Å². The molecule has 1 N–H and O–H groups in total. The number of hydrogen-bond donors (Lipinski definition) is 1. The molecule has 2 amide bonds. The zero-order valence-electron chi connectivity index (χ0n) is 16.4. The normalized spacial score (nSPS) is 14.9. The van der Waals surface area contributed by atoms with Crippen LogP contribution in [0.25, 0.3) is 0 Å². The topological polar surface area (TPSA) is 122 Å². The van der Waals surface area contributed by atoms with Crippen LogP contribution in [0.4, 0.5) is 10.5 Å². The van der Waals surface area contributed by atoms with E-state index in [9.17, 15) is 23.3 Å². The number of rotatable bonds is 6. The minimum absolute atomic E-state index is 0.112. The summed E-state index contributed by atoms with van der Waals surface area (Å²) in [6, 6.07) is 12.0. The van der Waals surface area contributed by atoms with Gasteiger partial charge in [0.2, 0.25) is 10.0 Å². The van der Waals surface area contributed by atoms with Crippen molar-refractivity contribution in [3.63, 3.8) is 0 Å². The van der Waals surface area contributed by atoms with E-state index in [0.29, 0.717) is 6.54 Å². The largest absolute Gasteiger partial charge is 0.497 e. The number of nitrogens with one attached hydrogen (secondary N) is 1. The molecule has 0 bridgehead atoms. The van der Waals surface area contributed by atoms with Crippen molar-refractivity contribution in [3.05, 3.63) is 64.2 Å². The lowest BCUT2D eigenvalue weighted by atomic mass is 10.2. The van der Waals surface area contributed by atoms with Gasteiger partial charge in [-0.2, -0.15) is 4.31 Å². The third-order valence-corrected chi connectivity index (χ3v) is 6.69. The summed E-state index contributed by atoms with van der Waals surface area (Å²) in [5.74, 6) is 0.728. The summed E-state index contributed by atoms with van der Waals surface area (Å²) in [5, 5.41) is 13.7. The van der Waals surface area contributed by atoms with E-state index >= 15 is 0 Å². The molecule has 0 unspecified atom stereocenters. The van der Waals surface area contributed by atoms with Gasteiger partial charge >= 0.3 is 6.03 Å². The fraction of sp³-hybridized carbons (Fsp3) is 0.316. The van der Waals surface area contributed by atoms with E-state index in [0.717, 1.165) is 17.4 Å². The number of benzene rings is 2. The molecule has 30 heavy (non-hydrogen) atoms. The number of methoxy groups -OCH3 is 1. The molecule has 0 spiro atoms. The van der Waals surface area contributed by atoms with Gasteiger partial charge in [-0.25, -0.2) is 13.2 Å². The van der Waals surface area contributed by atoms with Crippen molar-refractivity contribution in [1.82, 2.24) is 14.5 Å². The van der Waals surface area contributed by atoms with Crippen molar-refractivity contribution in [3.8, 4) is 5.75 Å². The highest BCUT2D eigenvalue weighted by Gasteiger charge is 2.30. The van der Waals surface area contributed by atoms with E-state index in [1.807, 2.05) is 12.1 Å². The standard InChI is InChI=1S/C19H22N4O6S/c1-29-17-7-5-15(6-8-17)14-20-19(24)21-9-11-22(12-10-21)30(27,28)18-4-2-3-16(13-18)23(25)26/h2-8,13H,9-12,14H2,1H3,(H,20,24). The Hall–Kier alpha value is -3.18. The van der Waals surface area contributed by atoms with Gasteiger partial charge < -0.3 is 15.0 Å². The highest BCUT2D eigenvalue weighted by atomic mass is 32.2. The molecule has 0 radical (unpaired) electrons. The summed E-state index contributed by atoms with van der Waals surface area (Å²) in [5.41, 5.74) is 0.628. The molecule has 0 saturated carbocycles. The number of ether oxygens (including phenoxy) is 1. The quantitative estimate of drug-likeness (QED) is 0.547. The zero-order valence-corrected chi connectivity index (χ0v) is 17.2. The molecule has 0 aromatic heterocycles. The molecule has 1 fully saturated rings. The predicted molar refractivity (Wildman–Crippen MR) is 109 cm³/mol. The molecule has 0 atom stereocenters.